The minimum Gasteiger partial charge on any atom is -0.360 e. The fourth-order valence-electron chi connectivity index (χ4n) is 2.27. The van der Waals surface area contributed by atoms with Crippen LogP contribution in [0.4, 0.5) is 0 Å². The van der Waals surface area contributed by atoms with Crippen LogP contribution in [0.1, 0.15) is 21.5 Å². The minimum atomic E-state index is -0.0883. The summed E-state index contributed by atoms with van der Waals surface area (Å²) in [6.45, 7) is 0. The van der Waals surface area contributed by atoms with Gasteiger partial charge in [0.1, 0.15) is 0 Å². The molecule has 3 rings (SSSR count). The van der Waals surface area contributed by atoms with Gasteiger partial charge in [0.15, 0.2) is 5.78 Å². The van der Waals surface area contributed by atoms with Crippen molar-refractivity contribution in [3.63, 3.8) is 0 Å². The number of carbonyl (C=O) groups is 1. The average molecular weight is 451 g/mol. The Balaban J connectivity index is 2.24. The second kappa shape index (κ2) is 5.62. The van der Waals surface area contributed by atoms with E-state index < -0.39 is 0 Å². The SMILES string of the molecule is N#Cc1cccc2[nH]cc(C(=O)c3cc(Br)ccc3I)c12. The number of rotatable bonds is 2. The van der Waals surface area contributed by atoms with Crippen molar-refractivity contribution in [3.05, 3.63) is 67.3 Å². The van der Waals surface area contributed by atoms with Gasteiger partial charge in [0.05, 0.1) is 11.6 Å². The maximum Gasteiger partial charge on any atom is 0.196 e. The summed E-state index contributed by atoms with van der Waals surface area (Å²) in [4.78, 5) is 15.9. The van der Waals surface area contributed by atoms with E-state index in [1.54, 1.807) is 24.4 Å². The van der Waals surface area contributed by atoms with Crippen molar-refractivity contribution < 1.29 is 4.79 Å². The number of halogens is 2. The van der Waals surface area contributed by atoms with Gasteiger partial charge in [-0.3, -0.25) is 4.79 Å². The lowest BCUT2D eigenvalue weighted by Crippen LogP contribution is -2.03. The first-order valence-corrected chi connectivity index (χ1v) is 7.99. The van der Waals surface area contributed by atoms with Crippen molar-refractivity contribution in [3.8, 4) is 6.07 Å². The summed E-state index contributed by atoms with van der Waals surface area (Å²) in [5.41, 5.74) is 2.45. The molecular weight excluding hydrogens is 443 g/mol. The third kappa shape index (κ3) is 2.49. The van der Waals surface area contributed by atoms with Crippen molar-refractivity contribution in [2.24, 2.45) is 0 Å². The molecule has 1 N–H and O–H groups in total. The van der Waals surface area contributed by atoms with Crippen molar-refractivity contribution in [1.29, 1.82) is 5.26 Å². The van der Waals surface area contributed by atoms with Crippen LogP contribution in [0.25, 0.3) is 10.9 Å². The molecule has 0 aliphatic carbocycles. The van der Waals surface area contributed by atoms with Crippen LogP contribution < -0.4 is 0 Å². The Morgan fingerprint density at radius 3 is 2.81 bits per heavy atom. The number of hydrogen-bond donors (Lipinski definition) is 1. The summed E-state index contributed by atoms with van der Waals surface area (Å²) >= 11 is 5.53. The maximum absolute atomic E-state index is 12.8. The van der Waals surface area contributed by atoms with E-state index in [0.29, 0.717) is 22.1 Å². The zero-order valence-corrected chi connectivity index (χ0v) is 14.4. The van der Waals surface area contributed by atoms with Gasteiger partial charge in [-0.25, -0.2) is 0 Å². The molecule has 0 unspecified atom stereocenters. The Morgan fingerprint density at radius 1 is 1.24 bits per heavy atom. The molecule has 0 spiro atoms. The highest BCUT2D eigenvalue weighted by molar-refractivity contribution is 14.1. The number of benzene rings is 2. The zero-order chi connectivity index (χ0) is 15.0. The smallest absolute Gasteiger partial charge is 0.196 e. The van der Waals surface area contributed by atoms with E-state index >= 15 is 0 Å². The van der Waals surface area contributed by atoms with Crippen molar-refractivity contribution in [2.45, 2.75) is 0 Å². The van der Waals surface area contributed by atoms with Crippen molar-refractivity contribution in [2.75, 3.05) is 0 Å². The molecule has 0 saturated heterocycles. The first-order valence-electron chi connectivity index (χ1n) is 6.12. The minimum absolute atomic E-state index is 0.0883. The number of hydrogen-bond acceptors (Lipinski definition) is 2. The van der Waals surface area contributed by atoms with Gasteiger partial charge >= 0.3 is 0 Å². The van der Waals surface area contributed by atoms with E-state index in [0.717, 1.165) is 13.6 Å². The molecule has 3 nitrogen and oxygen atoms in total. The largest absolute Gasteiger partial charge is 0.360 e. The summed E-state index contributed by atoms with van der Waals surface area (Å²) < 4.78 is 1.73. The van der Waals surface area contributed by atoms with Gasteiger partial charge in [-0.05, 0) is 52.9 Å². The van der Waals surface area contributed by atoms with Crippen molar-refractivity contribution >= 4 is 55.2 Å². The number of fused-ring (bicyclic) bond motifs is 1. The molecule has 0 fully saturated rings. The highest BCUT2D eigenvalue weighted by Gasteiger charge is 2.18. The van der Waals surface area contributed by atoms with Gasteiger partial charge in [-0.15, -0.1) is 0 Å². The second-order valence-electron chi connectivity index (χ2n) is 4.50. The van der Waals surface area contributed by atoms with Crippen LogP contribution in [0.5, 0.6) is 0 Å². The number of aromatic nitrogens is 1. The van der Waals surface area contributed by atoms with Crippen LogP contribution >= 0.6 is 38.5 Å². The van der Waals surface area contributed by atoms with Gasteiger partial charge in [0.25, 0.3) is 0 Å². The molecule has 0 aliphatic heterocycles. The summed E-state index contributed by atoms with van der Waals surface area (Å²) in [6.07, 6.45) is 1.67. The topological polar surface area (TPSA) is 56.6 Å². The van der Waals surface area contributed by atoms with E-state index in [4.69, 9.17) is 0 Å². The lowest BCUT2D eigenvalue weighted by atomic mass is 10.00. The Hall–Kier alpha value is -1.65. The predicted octanol–water partition coefficient (Wildman–Crippen LogP) is 4.64. The summed E-state index contributed by atoms with van der Waals surface area (Å²) in [5, 5.41) is 9.93. The van der Waals surface area contributed by atoms with Gasteiger partial charge in [0, 0.05) is 36.3 Å². The van der Waals surface area contributed by atoms with Gasteiger partial charge in [-0.1, -0.05) is 22.0 Å². The molecule has 102 valence electrons. The number of carbonyl (C=O) groups excluding carboxylic acids is 1. The highest BCUT2D eigenvalue weighted by atomic mass is 127. The molecule has 0 radical (unpaired) electrons. The number of nitriles is 1. The van der Waals surface area contributed by atoms with E-state index in [-0.39, 0.29) is 5.78 Å². The highest BCUT2D eigenvalue weighted by Crippen LogP contribution is 2.27. The van der Waals surface area contributed by atoms with Gasteiger partial charge < -0.3 is 4.98 Å². The lowest BCUT2D eigenvalue weighted by Gasteiger charge is -2.04. The van der Waals surface area contributed by atoms with Crippen LogP contribution in [0.3, 0.4) is 0 Å². The second-order valence-corrected chi connectivity index (χ2v) is 6.57. The molecule has 0 saturated carbocycles. The number of aromatic amines is 1. The number of nitrogens with zero attached hydrogens (tertiary/aromatic N) is 1. The van der Waals surface area contributed by atoms with E-state index in [1.807, 2.05) is 18.2 Å². The molecular formula is C16H8BrIN2O. The predicted molar refractivity (Wildman–Crippen MR) is 93.3 cm³/mol. The van der Waals surface area contributed by atoms with E-state index in [9.17, 15) is 10.1 Å². The Kier molecular flexibility index (Phi) is 3.83. The molecule has 0 bridgehead atoms. The molecule has 0 atom stereocenters. The first kappa shape index (κ1) is 14.3. The Morgan fingerprint density at radius 2 is 2.05 bits per heavy atom. The third-order valence-electron chi connectivity index (χ3n) is 3.24. The fraction of sp³-hybridized carbons (Fsp3) is 0. The van der Waals surface area contributed by atoms with Crippen LogP contribution in [0.2, 0.25) is 0 Å². The molecule has 0 amide bonds. The lowest BCUT2D eigenvalue weighted by molar-refractivity contribution is 0.103. The fourth-order valence-corrected chi connectivity index (χ4v) is 3.22. The molecule has 5 heteroatoms. The molecule has 0 aliphatic rings. The molecule has 3 aromatic rings. The Bertz CT molecular complexity index is 908. The molecule has 2 aromatic carbocycles. The van der Waals surface area contributed by atoms with Crippen LogP contribution in [0.15, 0.2) is 47.1 Å². The number of H-pyrrole nitrogens is 1. The molecule has 1 aromatic heterocycles. The monoisotopic (exact) mass is 450 g/mol. The standard InChI is InChI=1S/C16H8BrIN2O/c17-10-4-5-13(18)11(6-10)16(21)12-8-20-14-3-1-2-9(7-19)15(12)14/h1-6,8,20H. The normalized spacial score (nSPS) is 10.5. The summed E-state index contributed by atoms with van der Waals surface area (Å²) in [5.74, 6) is -0.0883. The van der Waals surface area contributed by atoms with Crippen molar-refractivity contribution in [1.82, 2.24) is 4.98 Å². The third-order valence-corrected chi connectivity index (χ3v) is 4.68. The summed E-state index contributed by atoms with van der Waals surface area (Å²) in [6, 6.07) is 13.1. The van der Waals surface area contributed by atoms with Crippen LogP contribution in [0, 0.1) is 14.9 Å². The van der Waals surface area contributed by atoms with E-state index in [2.05, 4.69) is 49.6 Å². The van der Waals surface area contributed by atoms with Crippen LogP contribution in [-0.4, -0.2) is 10.8 Å². The zero-order valence-electron chi connectivity index (χ0n) is 10.7. The number of ketones is 1. The van der Waals surface area contributed by atoms with Crippen LogP contribution in [-0.2, 0) is 0 Å². The Labute approximate surface area is 143 Å². The average Bonchev–Trinajstić information content (AvgIpc) is 2.93. The molecule has 21 heavy (non-hydrogen) atoms. The van der Waals surface area contributed by atoms with Gasteiger partial charge in [0.2, 0.25) is 0 Å². The maximum atomic E-state index is 12.8. The van der Waals surface area contributed by atoms with Gasteiger partial charge in [-0.2, -0.15) is 5.26 Å². The number of nitrogens with one attached hydrogen (secondary N) is 1. The quantitative estimate of drug-likeness (QED) is 0.456. The first-order chi connectivity index (χ1) is 10.1. The summed E-state index contributed by atoms with van der Waals surface area (Å²) in [7, 11) is 0. The molecule has 1 heterocycles. The van der Waals surface area contributed by atoms with E-state index in [1.165, 1.54) is 0 Å².